The summed E-state index contributed by atoms with van der Waals surface area (Å²) < 4.78 is 5.49. The number of aryl methyl sites for hydroxylation is 1. The number of hydrogen-bond acceptors (Lipinski definition) is 4. The molecule has 1 saturated heterocycles. The first kappa shape index (κ1) is 13.7. The minimum atomic E-state index is -0.992. The van der Waals surface area contributed by atoms with Gasteiger partial charge in [0.1, 0.15) is 0 Å². The van der Waals surface area contributed by atoms with Gasteiger partial charge < -0.3 is 20.5 Å². The highest BCUT2D eigenvalue weighted by Gasteiger charge is 2.31. The van der Waals surface area contributed by atoms with Crippen molar-refractivity contribution < 1.29 is 14.6 Å². The normalized spacial score (nSPS) is 18.4. The van der Waals surface area contributed by atoms with E-state index in [1.165, 1.54) is 0 Å². The summed E-state index contributed by atoms with van der Waals surface area (Å²) in [4.78, 5) is 13.4. The zero-order chi connectivity index (χ0) is 14.2. The molecule has 3 N–H and O–H groups in total. The number of benzene rings is 1. The van der Waals surface area contributed by atoms with Gasteiger partial charge in [0.05, 0.1) is 24.3 Å². The number of hydrogen-bond donors (Lipinski definition) is 2. The van der Waals surface area contributed by atoms with Gasteiger partial charge in [-0.3, -0.25) is 0 Å². The van der Waals surface area contributed by atoms with Crippen molar-refractivity contribution in [3.8, 4) is 0 Å². The van der Waals surface area contributed by atoms with Crippen LogP contribution in [0.15, 0.2) is 12.1 Å². The molecule has 0 amide bonds. The van der Waals surface area contributed by atoms with Gasteiger partial charge in [0.2, 0.25) is 0 Å². The minimum Gasteiger partial charge on any atom is -0.478 e. The zero-order valence-corrected chi connectivity index (χ0v) is 11.6. The van der Waals surface area contributed by atoms with Crippen molar-refractivity contribution in [3.63, 3.8) is 0 Å². The quantitative estimate of drug-likeness (QED) is 0.798. The zero-order valence-electron chi connectivity index (χ0n) is 11.6. The Kier molecular flexibility index (Phi) is 3.41. The molecule has 1 aliphatic heterocycles. The van der Waals surface area contributed by atoms with Crippen molar-refractivity contribution in [1.29, 1.82) is 0 Å². The lowest BCUT2D eigenvalue weighted by Crippen LogP contribution is -2.53. The Bertz CT molecular complexity index is 512. The summed E-state index contributed by atoms with van der Waals surface area (Å²) >= 11 is 0. The van der Waals surface area contributed by atoms with Crippen LogP contribution in [0.5, 0.6) is 0 Å². The number of rotatable bonds is 2. The average molecular weight is 264 g/mol. The number of ether oxygens (including phenoxy) is 1. The smallest absolute Gasteiger partial charge is 0.337 e. The predicted octanol–water partition coefficient (Wildman–Crippen LogP) is 1.89. The molecule has 0 atom stereocenters. The van der Waals surface area contributed by atoms with Crippen LogP contribution in [0.1, 0.15) is 29.8 Å². The van der Waals surface area contributed by atoms with Gasteiger partial charge in [-0.25, -0.2) is 4.79 Å². The summed E-state index contributed by atoms with van der Waals surface area (Å²) in [6, 6.07) is 3.59. The van der Waals surface area contributed by atoms with Gasteiger partial charge in [-0.15, -0.1) is 0 Å². The molecule has 1 aromatic carbocycles. The molecule has 5 heteroatoms. The van der Waals surface area contributed by atoms with Crippen molar-refractivity contribution in [1.82, 2.24) is 0 Å². The van der Waals surface area contributed by atoms with Gasteiger partial charge in [-0.05, 0) is 38.5 Å². The second-order valence-electron chi connectivity index (χ2n) is 5.55. The van der Waals surface area contributed by atoms with Crippen LogP contribution in [0.3, 0.4) is 0 Å². The van der Waals surface area contributed by atoms with Crippen molar-refractivity contribution >= 4 is 17.3 Å². The Morgan fingerprint density at radius 3 is 2.74 bits per heavy atom. The first-order valence-corrected chi connectivity index (χ1v) is 6.32. The molecule has 0 spiro atoms. The Hall–Kier alpha value is -1.75. The fraction of sp³-hybridized carbons (Fsp3) is 0.500. The molecule has 1 aromatic rings. The molecule has 0 bridgehead atoms. The summed E-state index contributed by atoms with van der Waals surface area (Å²) in [5.41, 5.74) is 7.84. The average Bonchev–Trinajstić information content (AvgIpc) is 2.31. The number of nitrogen functional groups attached to an aromatic ring is 1. The number of anilines is 2. The third-order valence-corrected chi connectivity index (χ3v) is 3.56. The number of carboxylic acids is 1. The molecule has 1 aliphatic rings. The highest BCUT2D eigenvalue weighted by Crippen LogP contribution is 2.31. The first-order chi connectivity index (χ1) is 8.83. The molecule has 5 nitrogen and oxygen atoms in total. The number of morpholine rings is 1. The largest absolute Gasteiger partial charge is 0.478 e. The van der Waals surface area contributed by atoms with E-state index in [0.717, 1.165) is 17.8 Å². The van der Waals surface area contributed by atoms with E-state index in [9.17, 15) is 9.90 Å². The van der Waals surface area contributed by atoms with Gasteiger partial charge >= 0.3 is 5.97 Å². The lowest BCUT2D eigenvalue weighted by molar-refractivity contribution is 0.0643. The van der Waals surface area contributed by atoms with Crippen LogP contribution in [-0.2, 0) is 4.74 Å². The van der Waals surface area contributed by atoms with Crippen LogP contribution in [0.25, 0.3) is 0 Å². The van der Waals surface area contributed by atoms with E-state index in [2.05, 4.69) is 18.7 Å². The molecule has 0 aliphatic carbocycles. The minimum absolute atomic E-state index is 0.156. The van der Waals surface area contributed by atoms with Crippen molar-refractivity contribution in [2.75, 3.05) is 30.4 Å². The summed E-state index contributed by atoms with van der Waals surface area (Å²) in [6.07, 6.45) is 0. The number of carbonyl (C=O) groups is 1. The molecular weight excluding hydrogens is 244 g/mol. The first-order valence-electron chi connectivity index (χ1n) is 6.32. The Morgan fingerprint density at radius 1 is 1.47 bits per heavy atom. The summed E-state index contributed by atoms with van der Waals surface area (Å²) in [5, 5.41) is 9.22. The number of nitrogens with two attached hydrogens (primary N) is 1. The molecule has 104 valence electrons. The van der Waals surface area contributed by atoms with E-state index >= 15 is 0 Å². The fourth-order valence-corrected chi connectivity index (χ4v) is 2.45. The van der Waals surface area contributed by atoms with E-state index in [0.29, 0.717) is 18.9 Å². The van der Waals surface area contributed by atoms with Crippen LogP contribution >= 0.6 is 0 Å². The molecule has 1 fully saturated rings. The van der Waals surface area contributed by atoms with E-state index in [1.807, 2.05) is 13.0 Å². The molecule has 2 rings (SSSR count). The topological polar surface area (TPSA) is 75.8 Å². The Labute approximate surface area is 113 Å². The van der Waals surface area contributed by atoms with Gasteiger partial charge in [-0.2, -0.15) is 0 Å². The van der Waals surface area contributed by atoms with Crippen LogP contribution in [0.4, 0.5) is 11.4 Å². The van der Waals surface area contributed by atoms with Crippen molar-refractivity contribution in [2.24, 2.45) is 0 Å². The molecule has 0 saturated carbocycles. The van der Waals surface area contributed by atoms with Gasteiger partial charge in [-0.1, -0.05) is 0 Å². The molecular formula is C14H20N2O3. The molecule has 1 heterocycles. The van der Waals surface area contributed by atoms with E-state index < -0.39 is 5.97 Å². The fourth-order valence-electron chi connectivity index (χ4n) is 2.45. The van der Waals surface area contributed by atoms with Crippen LogP contribution in [-0.4, -0.2) is 36.4 Å². The van der Waals surface area contributed by atoms with Gasteiger partial charge in [0.15, 0.2) is 0 Å². The lowest BCUT2D eigenvalue weighted by atomic mass is 9.99. The Balaban J connectivity index is 2.48. The summed E-state index contributed by atoms with van der Waals surface area (Å²) in [6.45, 7) is 8.01. The Morgan fingerprint density at radius 2 is 2.16 bits per heavy atom. The molecule has 0 radical (unpaired) electrons. The summed E-state index contributed by atoms with van der Waals surface area (Å²) in [5.74, 6) is -0.992. The molecule has 0 unspecified atom stereocenters. The van der Waals surface area contributed by atoms with E-state index in [-0.39, 0.29) is 11.1 Å². The van der Waals surface area contributed by atoms with Crippen molar-refractivity contribution in [2.45, 2.75) is 26.3 Å². The molecule has 19 heavy (non-hydrogen) atoms. The number of aromatic carboxylic acids is 1. The highest BCUT2D eigenvalue weighted by atomic mass is 16.5. The molecule has 0 aromatic heterocycles. The highest BCUT2D eigenvalue weighted by molar-refractivity contribution is 5.95. The lowest BCUT2D eigenvalue weighted by Gasteiger charge is -2.44. The standard InChI is InChI=1S/C14H20N2O3/c1-9-6-10(7-11(12(9)15)13(17)18)16-4-5-19-8-14(16,2)3/h6-7H,4-5,8,15H2,1-3H3,(H,17,18). The monoisotopic (exact) mass is 264 g/mol. The van der Waals surface area contributed by atoms with Crippen molar-refractivity contribution in [3.05, 3.63) is 23.3 Å². The maximum atomic E-state index is 11.2. The second kappa shape index (κ2) is 4.74. The third-order valence-electron chi connectivity index (χ3n) is 3.56. The number of carboxylic acid groups (broad SMARTS) is 1. The summed E-state index contributed by atoms with van der Waals surface area (Å²) in [7, 11) is 0. The SMILES string of the molecule is Cc1cc(N2CCOCC2(C)C)cc(C(=O)O)c1N. The third kappa shape index (κ3) is 2.51. The van der Waals surface area contributed by atoms with Crippen LogP contribution < -0.4 is 10.6 Å². The number of nitrogens with zero attached hydrogens (tertiary/aromatic N) is 1. The van der Waals surface area contributed by atoms with Gasteiger partial charge in [0.25, 0.3) is 0 Å². The maximum Gasteiger partial charge on any atom is 0.337 e. The second-order valence-corrected chi connectivity index (χ2v) is 5.55. The van der Waals surface area contributed by atoms with Crippen LogP contribution in [0, 0.1) is 6.92 Å². The maximum absolute atomic E-state index is 11.2. The van der Waals surface area contributed by atoms with E-state index in [1.54, 1.807) is 6.07 Å². The van der Waals surface area contributed by atoms with Gasteiger partial charge in [0, 0.05) is 17.9 Å². The van der Waals surface area contributed by atoms with E-state index in [4.69, 9.17) is 10.5 Å². The predicted molar refractivity (Wildman–Crippen MR) is 74.8 cm³/mol. The van der Waals surface area contributed by atoms with Crippen LogP contribution in [0.2, 0.25) is 0 Å².